The van der Waals surface area contributed by atoms with Crippen molar-refractivity contribution in [3.8, 4) is 5.75 Å². The fourth-order valence-electron chi connectivity index (χ4n) is 2.43. The molecule has 0 fully saturated rings. The lowest BCUT2D eigenvalue weighted by atomic mass is 10.2. The Bertz CT molecular complexity index is 1020. The van der Waals surface area contributed by atoms with Crippen LogP contribution in [0.4, 0.5) is 0 Å². The zero-order chi connectivity index (χ0) is 18.0. The Morgan fingerprint density at radius 1 is 1.12 bits per heavy atom. The van der Waals surface area contributed by atoms with Crippen molar-refractivity contribution < 1.29 is 13.5 Å². The number of pyridine rings is 1. The molecular formula is C17H14Cl2N2O3S. The standard InChI is InChI=1S/C17H14Cl2N2O3S/c18-12-5-3-11(4-6-12)7-9-21-25(23,24)15-10-14(19)13-2-1-8-20-16(13)17(15)22/h1-6,8,10,21-22H,7,9H2. The number of phenols is 1. The molecule has 0 saturated heterocycles. The maximum atomic E-state index is 12.5. The average Bonchev–Trinajstić information content (AvgIpc) is 2.60. The first kappa shape index (κ1) is 17.9. The minimum atomic E-state index is -3.93. The molecule has 3 rings (SSSR count). The summed E-state index contributed by atoms with van der Waals surface area (Å²) in [6.45, 7) is 0.168. The Morgan fingerprint density at radius 3 is 2.56 bits per heavy atom. The van der Waals surface area contributed by atoms with Gasteiger partial charge in [-0.3, -0.25) is 4.98 Å². The summed E-state index contributed by atoms with van der Waals surface area (Å²) >= 11 is 11.9. The molecule has 25 heavy (non-hydrogen) atoms. The van der Waals surface area contributed by atoms with Crippen molar-refractivity contribution in [3.63, 3.8) is 0 Å². The summed E-state index contributed by atoms with van der Waals surface area (Å²) in [6.07, 6.45) is 1.94. The Labute approximate surface area is 155 Å². The van der Waals surface area contributed by atoms with E-state index in [1.54, 1.807) is 24.3 Å². The molecular weight excluding hydrogens is 383 g/mol. The fraction of sp³-hybridized carbons (Fsp3) is 0.118. The highest BCUT2D eigenvalue weighted by atomic mass is 35.5. The number of fused-ring (bicyclic) bond motifs is 1. The number of phenolic OH excluding ortho intramolecular Hbond substituents is 1. The van der Waals surface area contributed by atoms with Crippen LogP contribution in [0.5, 0.6) is 5.75 Å². The third-order valence-corrected chi connectivity index (χ3v) is 5.73. The van der Waals surface area contributed by atoms with Gasteiger partial charge < -0.3 is 5.11 Å². The highest BCUT2D eigenvalue weighted by molar-refractivity contribution is 7.89. The van der Waals surface area contributed by atoms with Crippen LogP contribution in [0, 0.1) is 0 Å². The molecule has 130 valence electrons. The van der Waals surface area contributed by atoms with E-state index in [9.17, 15) is 13.5 Å². The Morgan fingerprint density at radius 2 is 1.84 bits per heavy atom. The van der Waals surface area contributed by atoms with Crippen molar-refractivity contribution in [1.29, 1.82) is 0 Å². The topological polar surface area (TPSA) is 79.3 Å². The van der Waals surface area contributed by atoms with Gasteiger partial charge in [0.2, 0.25) is 10.0 Å². The number of sulfonamides is 1. The van der Waals surface area contributed by atoms with E-state index in [2.05, 4.69) is 9.71 Å². The Balaban J connectivity index is 1.83. The van der Waals surface area contributed by atoms with Gasteiger partial charge in [-0.25, -0.2) is 13.1 Å². The second-order valence-electron chi connectivity index (χ2n) is 5.38. The number of aromatic nitrogens is 1. The van der Waals surface area contributed by atoms with Crippen LogP contribution in [-0.4, -0.2) is 25.1 Å². The molecule has 2 aromatic carbocycles. The highest BCUT2D eigenvalue weighted by Gasteiger charge is 2.22. The lowest BCUT2D eigenvalue weighted by Gasteiger charge is -2.11. The average molecular weight is 397 g/mol. The van der Waals surface area contributed by atoms with Gasteiger partial charge in [0.05, 0.1) is 5.02 Å². The number of aromatic hydroxyl groups is 1. The van der Waals surface area contributed by atoms with Crippen LogP contribution in [0.25, 0.3) is 10.9 Å². The van der Waals surface area contributed by atoms with Crippen LogP contribution in [0.15, 0.2) is 53.6 Å². The quantitative estimate of drug-likeness (QED) is 0.687. The minimum Gasteiger partial charge on any atom is -0.504 e. The first-order valence-electron chi connectivity index (χ1n) is 7.39. The monoisotopic (exact) mass is 396 g/mol. The summed E-state index contributed by atoms with van der Waals surface area (Å²) in [5, 5.41) is 11.6. The van der Waals surface area contributed by atoms with E-state index in [1.807, 2.05) is 12.1 Å². The van der Waals surface area contributed by atoms with Crippen molar-refractivity contribution >= 4 is 44.1 Å². The second kappa shape index (κ2) is 7.17. The zero-order valence-electron chi connectivity index (χ0n) is 12.9. The molecule has 0 unspecified atom stereocenters. The van der Waals surface area contributed by atoms with E-state index in [1.165, 1.54) is 12.3 Å². The van der Waals surface area contributed by atoms with Crippen LogP contribution in [0.2, 0.25) is 10.0 Å². The normalized spacial score (nSPS) is 11.8. The molecule has 3 aromatic rings. The van der Waals surface area contributed by atoms with Gasteiger partial charge in [0.1, 0.15) is 10.4 Å². The van der Waals surface area contributed by atoms with E-state index >= 15 is 0 Å². The molecule has 0 atom stereocenters. The molecule has 0 bridgehead atoms. The number of rotatable bonds is 5. The fourth-order valence-corrected chi connectivity index (χ4v) is 4.03. The number of benzene rings is 2. The van der Waals surface area contributed by atoms with E-state index in [-0.39, 0.29) is 22.0 Å². The van der Waals surface area contributed by atoms with Gasteiger partial charge in [-0.05, 0) is 42.3 Å². The molecule has 0 aliphatic carbocycles. The van der Waals surface area contributed by atoms with Gasteiger partial charge in [-0.15, -0.1) is 0 Å². The van der Waals surface area contributed by atoms with Crippen molar-refractivity contribution in [2.24, 2.45) is 0 Å². The largest absolute Gasteiger partial charge is 0.504 e. The summed E-state index contributed by atoms with van der Waals surface area (Å²) in [6, 6.07) is 11.7. The molecule has 5 nitrogen and oxygen atoms in total. The summed E-state index contributed by atoms with van der Waals surface area (Å²) in [7, 11) is -3.93. The molecule has 0 aliphatic heterocycles. The van der Waals surface area contributed by atoms with Gasteiger partial charge >= 0.3 is 0 Å². The molecule has 1 heterocycles. The Kier molecular flexibility index (Phi) is 5.15. The van der Waals surface area contributed by atoms with Gasteiger partial charge in [0.25, 0.3) is 0 Å². The van der Waals surface area contributed by atoms with Crippen LogP contribution in [0.1, 0.15) is 5.56 Å². The van der Waals surface area contributed by atoms with Crippen molar-refractivity contribution in [2.75, 3.05) is 6.54 Å². The number of hydrogen-bond donors (Lipinski definition) is 2. The highest BCUT2D eigenvalue weighted by Crippen LogP contribution is 2.35. The summed E-state index contributed by atoms with van der Waals surface area (Å²) in [5.41, 5.74) is 1.09. The van der Waals surface area contributed by atoms with Crippen LogP contribution >= 0.6 is 23.2 Å². The number of nitrogens with zero attached hydrogens (tertiary/aromatic N) is 1. The SMILES string of the molecule is O=S(=O)(NCCc1ccc(Cl)cc1)c1cc(Cl)c2cccnc2c1O. The van der Waals surface area contributed by atoms with Gasteiger partial charge in [-0.1, -0.05) is 35.3 Å². The molecule has 0 aliphatic rings. The molecule has 0 saturated carbocycles. The Hall–Kier alpha value is -1.86. The second-order valence-corrected chi connectivity index (χ2v) is 7.96. The van der Waals surface area contributed by atoms with Crippen molar-refractivity contribution in [1.82, 2.24) is 9.71 Å². The zero-order valence-corrected chi connectivity index (χ0v) is 15.2. The number of nitrogens with one attached hydrogen (secondary N) is 1. The predicted molar refractivity (Wildman–Crippen MR) is 98.8 cm³/mol. The molecule has 2 N–H and O–H groups in total. The van der Waals surface area contributed by atoms with E-state index < -0.39 is 15.8 Å². The predicted octanol–water partition coefficient (Wildman–Crippen LogP) is 3.77. The first-order chi connectivity index (χ1) is 11.9. The first-order valence-corrected chi connectivity index (χ1v) is 9.63. The number of hydrogen-bond acceptors (Lipinski definition) is 4. The van der Waals surface area contributed by atoms with Crippen molar-refractivity contribution in [2.45, 2.75) is 11.3 Å². The number of halogens is 2. The van der Waals surface area contributed by atoms with Gasteiger partial charge in [0.15, 0.2) is 5.75 Å². The summed E-state index contributed by atoms with van der Waals surface area (Å²) in [5.74, 6) is -0.418. The lowest BCUT2D eigenvalue weighted by molar-refractivity contribution is 0.463. The van der Waals surface area contributed by atoms with Crippen molar-refractivity contribution in [3.05, 3.63) is 64.3 Å². The molecule has 0 amide bonds. The van der Waals surface area contributed by atoms with E-state index in [0.717, 1.165) is 5.56 Å². The third-order valence-electron chi connectivity index (χ3n) is 3.69. The van der Waals surface area contributed by atoms with Crippen LogP contribution < -0.4 is 4.72 Å². The summed E-state index contributed by atoms with van der Waals surface area (Å²) in [4.78, 5) is 3.72. The van der Waals surface area contributed by atoms with E-state index in [0.29, 0.717) is 16.8 Å². The molecule has 8 heteroatoms. The maximum absolute atomic E-state index is 12.5. The van der Waals surface area contributed by atoms with Crippen LogP contribution in [0.3, 0.4) is 0 Å². The molecule has 1 aromatic heterocycles. The van der Waals surface area contributed by atoms with E-state index in [4.69, 9.17) is 23.2 Å². The third kappa shape index (κ3) is 3.88. The lowest BCUT2D eigenvalue weighted by Crippen LogP contribution is -2.26. The van der Waals surface area contributed by atoms with Gasteiger partial charge in [-0.2, -0.15) is 0 Å². The molecule has 0 spiro atoms. The van der Waals surface area contributed by atoms with Gasteiger partial charge in [0, 0.05) is 23.2 Å². The molecule has 0 radical (unpaired) electrons. The van der Waals surface area contributed by atoms with Crippen LogP contribution in [-0.2, 0) is 16.4 Å². The maximum Gasteiger partial charge on any atom is 0.244 e. The smallest absolute Gasteiger partial charge is 0.244 e. The minimum absolute atomic E-state index is 0.146. The summed E-state index contributed by atoms with van der Waals surface area (Å²) < 4.78 is 27.5.